The fourth-order valence-corrected chi connectivity index (χ4v) is 3.43. The van der Waals surface area contributed by atoms with E-state index in [4.69, 9.17) is 0 Å². The molecule has 0 unspecified atom stereocenters. The number of hydrogen-bond donors (Lipinski definition) is 0. The smallest absolute Gasteiger partial charge is 0.0743 e. The average Bonchev–Trinajstić information content (AvgIpc) is 2.62. The quantitative estimate of drug-likeness (QED) is 0.364. The first-order valence-electron chi connectivity index (χ1n) is 8.57. The van der Waals surface area contributed by atoms with Gasteiger partial charge in [-0.05, 0) is 79.4 Å². The van der Waals surface area contributed by atoms with Crippen LogP contribution in [-0.2, 0) is 0 Å². The second kappa shape index (κ2) is 8.06. The molecule has 0 aromatic heterocycles. The van der Waals surface area contributed by atoms with Crippen molar-refractivity contribution >= 4 is 23.1 Å². The Labute approximate surface area is 149 Å². The molecule has 0 N–H and O–H groups in total. The normalized spacial score (nSPS) is 14.4. The highest BCUT2D eigenvalue weighted by molar-refractivity contribution is 7.78. The van der Waals surface area contributed by atoms with Crippen LogP contribution in [0.2, 0.25) is 0 Å². The van der Waals surface area contributed by atoms with E-state index >= 15 is 0 Å². The van der Waals surface area contributed by atoms with Gasteiger partial charge in [-0.15, -0.1) is 0 Å². The molecule has 0 heterocycles. The van der Waals surface area contributed by atoms with E-state index in [9.17, 15) is 0 Å². The average molecular weight is 331 g/mol. The van der Waals surface area contributed by atoms with Gasteiger partial charge in [-0.2, -0.15) is 4.99 Å². The topological polar surface area (TPSA) is 12.4 Å². The number of hydrogen-bond acceptors (Lipinski definition) is 2. The molecule has 24 heavy (non-hydrogen) atoms. The van der Waals surface area contributed by atoms with Crippen molar-refractivity contribution in [3.63, 3.8) is 0 Å². The Morgan fingerprint density at radius 3 is 2.38 bits per heavy atom. The van der Waals surface area contributed by atoms with E-state index in [2.05, 4.69) is 58.5 Å². The molecule has 0 spiro atoms. The van der Waals surface area contributed by atoms with Crippen molar-refractivity contribution in [2.45, 2.75) is 44.9 Å². The zero-order valence-corrected chi connectivity index (χ0v) is 14.8. The molecule has 1 fully saturated rings. The summed E-state index contributed by atoms with van der Waals surface area (Å²) in [6.45, 7) is 2.04. The summed E-state index contributed by atoms with van der Waals surface area (Å²) in [5.41, 5.74) is 5.49. The number of rotatable bonds is 2. The van der Waals surface area contributed by atoms with Crippen LogP contribution in [0.5, 0.6) is 0 Å². The van der Waals surface area contributed by atoms with Gasteiger partial charge in [0.15, 0.2) is 0 Å². The Hall–Kier alpha value is -2.20. The van der Waals surface area contributed by atoms with Crippen molar-refractivity contribution in [2.24, 2.45) is 4.99 Å². The zero-order valence-electron chi connectivity index (χ0n) is 14.0. The third-order valence-electron chi connectivity index (χ3n) is 4.71. The van der Waals surface area contributed by atoms with Gasteiger partial charge in [0.1, 0.15) is 0 Å². The van der Waals surface area contributed by atoms with Gasteiger partial charge < -0.3 is 0 Å². The van der Waals surface area contributed by atoms with E-state index in [1.54, 1.807) is 0 Å². The fourth-order valence-electron chi connectivity index (χ4n) is 3.32. The van der Waals surface area contributed by atoms with Gasteiger partial charge in [0, 0.05) is 11.1 Å². The van der Waals surface area contributed by atoms with Gasteiger partial charge in [-0.25, -0.2) is 0 Å². The molecule has 1 aliphatic rings. The van der Waals surface area contributed by atoms with E-state index in [0.29, 0.717) is 0 Å². The molecule has 1 aliphatic carbocycles. The van der Waals surface area contributed by atoms with Crippen molar-refractivity contribution in [2.75, 3.05) is 0 Å². The number of isothiocyanates is 1. The zero-order chi connectivity index (χ0) is 16.8. The minimum atomic E-state index is 0.747. The predicted octanol–water partition coefficient (Wildman–Crippen LogP) is 6.18. The molecule has 0 aliphatic heterocycles. The third-order valence-corrected chi connectivity index (χ3v) is 4.80. The first kappa shape index (κ1) is 16.7. The minimum Gasteiger partial charge on any atom is -0.195 e. The van der Waals surface area contributed by atoms with Crippen LogP contribution >= 0.6 is 12.2 Å². The van der Waals surface area contributed by atoms with E-state index in [1.807, 2.05) is 25.1 Å². The van der Waals surface area contributed by atoms with Gasteiger partial charge in [0.05, 0.1) is 10.8 Å². The standard InChI is InChI=1S/C22H21NS/c1-17-15-22(23-16-24)14-13-19(17)10-7-18-8-11-21(12-9-18)20-5-3-2-4-6-20/h8-9,11-15,20H,2-6H2,1H3. The maximum absolute atomic E-state index is 4.64. The van der Waals surface area contributed by atoms with Crippen molar-refractivity contribution in [3.8, 4) is 11.8 Å². The highest BCUT2D eigenvalue weighted by Crippen LogP contribution is 2.32. The molecular weight excluding hydrogens is 310 g/mol. The summed E-state index contributed by atoms with van der Waals surface area (Å²) in [6.07, 6.45) is 6.80. The SMILES string of the molecule is Cc1cc(N=C=S)ccc1C#Cc1ccc(C2CCCCC2)cc1. The lowest BCUT2D eigenvalue weighted by Gasteiger charge is -2.21. The van der Waals surface area contributed by atoms with E-state index in [1.165, 1.54) is 37.7 Å². The summed E-state index contributed by atoms with van der Waals surface area (Å²) in [4.78, 5) is 4.00. The molecule has 2 aromatic rings. The molecular formula is C22H21NS. The Kier molecular flexibility index (Phi) is 5.59. The van der Waals surface area contributed by atoms with Crippen molar-refractivity contribution in [1.29, 1.82) is 0 Å². The first-order chi connectivity index (χ1) is 11.8. The van der Waals surface area contributed by atoms with Gasteiger partial charge in [-0.3, -0.25) is 0 Å². The summed E-state index contributed by atoms with van der Waals surface area (Å²) in [5, 5.41) is 2.39. The Morgan fingerprint density at radius 2 is 1.71 bits per heavy atom. The summed E-state index contributed by atoms with van der Waals surface area (Å²) in [5.74, 6) is 7.27. The first-order valence-corrected chi connectivity index (χ1v) is 8.97. The lowest BCUT2D eigenvalue weighted by atomic mass is 9.84. The molecule has 0 atom stereocenters. The van der Waals surface area contributed by atoms with Crippen LogP contribution in [0.4, 0.5) is 5.69 Å². The molecule has 0 saturated heterocycles. The predicted molar refractivity (Wildman–Crippen MR) is 104 cm³/mol. The van der Waals surface area contributed by atoms with Gasteiger partial charge in [0.2, 0.25) is 0 Å². The van der Waals surface area contributed by atoms with E-state index in [-0.39, 0.29) is 0 Å². The second-order valence-corrected chi connectivity index (χ2v) is 6.59. The van der Waals surface area contributed by atoms with Crippen LogP contribution in [0.25, 0.3) is 0 Å². The molecule has 1 saturated carbocycles. The van der Waals surface area contributed by atoms with Gasteiger partial charge >= 0.3 is 0 Å². The van der Waals surface area contributed by atoms with Crippen molar-refractivity contribution < 1.29 is 0 Å². The van der Waals surface area contributed by atoms with Gasteiger partial charge in [0.25, 0.3) is 0 Å². The Balaban J connectivity index is 1.75. The molecule has 1 nitrogen and oxygen atoms in total. The van der Waals surface area contributed by atoms with E-state index < -0.39 is 0 Å². The number of aliphatic imine (C=N–C) groups is 1. The van der Waals surface area contributed by atoms with Crippen LogP contribution in [0, 0.1) is 18.8 Å². The monoisotopic (exact) mass is 331 g/mol. The maximum Gasteiger partial charge on any atom is 0.0743 e. The number of benzene rings is 2. The highest BCUT2D eigenvalue weighted by Gasteiger charge is 2.14. The second-order valence-electron chi connectivity index (χ2n) is 6.41. The van der Waals surface area contributed by atoms with Crippen molar-refractivity contribution in [3.05, 3.63) is 64.7 Å². The molecule has 2 heteroatoms. The summed E-state index contributed by atoms with van der Waals surface area (Å²) in [6, 6.07) is 14.7. The summed E-state index contributed by atoms with van der Waals surface area (Å²) < 4.78 is 0. The summed E-state index contributed by atoms with van der Waals surface area (Å²) in [7, 11) is 0. The largest absolute Gasteiger partial charge is 0.195 e. The van der Waals surface area contributed by atoms with Crippen molar-refractivity contribution in [1.82, 2.24) is 0 Å². The highest BCUT2D eigenvalue weighted by atomic mass is 32.1. The lowest BCUT2D eigenvalue weighted by molar-refractivity contribution is 0.443. The van der Waals surface area contributed by atoms with Crippen LogP contribution in [0.15, 0.2) is 47.5 Å². The molecule has 0 amide bonds. The third kappa shape index (κ3) is 4.20. The number of aryl methyl sites for hydroxylation is 1. The number of nitrogens with zero attached hydrogens (tertiary/aromatic N) is 1. The number of thiocarbonyl (C=S) groups is 1. The maximum atomic E-state index is 4.64. The lowest BCUT2D eigenvalue weighted by Crippen LogP contribution is -2.04. The molecule has 120 valence electrons. The molecule has 2 aromatic carbocycles. The molecule has 0 bridgehead atoms. The minimum absolute atomic E-state index is 0.747. The molecule has 0 radical (unpaired) electrons. The van der Waals surface area contributed by atoms with Crippen LogP contribution in [0.1, 0.15) is 60.3 Å². The summed E-state index contributed by atoms with van der Waals surface area (Å²) >= 11 is 4.64. The van der Waals surface area contributed by atoms with Crippen LogP contribution in [-0.4, -0.2) is 5.16 Å². The Morgan fingerprint density at radius 1 is 0.958 bits per heavy atom. The van der Waals surface area contributed by atoms with Gasteiger partial charge in [-0.1, -0.05) is 43.2 Å². The van der Waals surface area contributed by atoms with Crippen LogP contribution in [0.3, 0.4) is 0 Å². The fraction of sp³-hybridized carbons (Fsp3) is 0.318. The van der Waals surface area contributed by atoms with E-state index in [0.717, 1.165) is 28.3 Å². The Bertz CT molecular complexity index is 811. The molecule has 3 rings (SSSR count). The van der Waals surface area contributed by atoms with Crippen LogP contribution < -0.4 is 0 Å².